The molecule has 1 atom stereocenters. The van der Waals surface area contributed by atoms with Gasteiger partial charge in [-0.05, 0) is 41.8 Å². The van der Waals surface area contributed by atoms with Crippen molar-refractivity contribution < 1.29 is 5.11 Å². The molecule has 0 heterocycles. The Morgan fingerprint density at radius 1 is 1.05 bits per heavy atom. The highest BCUT2D eigenvalue weighted by molar-refractivity contribution is 9.10. The van der Waals surface area contributed by atoms with Gasteiger partial charge in [-0.1, -0.05) is 57.3 Å². The molecule has 0 aliphatic rings. The lowest BCUT2D eigenvalue weighted by molar-refractivity contribution is 0.264. The van der Waals surface area contributed by atoms with Gasteiger partial charge in [0.15, 0.2) is 0 Å². The van der Waals surface area contributed by atoms with Crippen LogP contribution in [0.15, 0.2) is 46.9 Å². The van der Waals surface area contributed by atoms with Gasteiger partial charge < -0.3 is 5.11 Å². The number of benzene rings is 2. The van der Waals surface area contributed by atoms with Crippen LogP contribution in [0, 0.1) is 0 Å². The molecule has 0 saturated heterocycles. The van der Waals surface area contributed by atoms with Gasteiger partial charge in [0, 0.05) is 20.4 Å². The second-order valence-electron chi connectivity index (χ2n) is 4.38. The zero-order chi connectivity index (χ0) is 13.8. The van der Waals surface area contributed by atoms with E-state index in [1.807, 2.05) is 30.3 Å². The van der Waals surface area contributed by atoms with E-state index in [-0.39, 0.29) is 12.5 Å². The van der Waals surface area contributed by atoms with Gasteiger partial charge in [-0.2, -0.15) is 0 Å². The monoisotopic (exact) mass is 358 g/mol. The van der Waals surface area contributed by atoms with Gasteiger partial charge in [0.1, 0.15) is 0 Å². The molecule has 19 heavy (non-hydrogen) atoms. The molecule has 0 radical (unpaired) electrons. The average Bonchev–Trinajstić information content (AvgIpc) is 2.39. The van der Waals surface area contributed by atoms with Crippen molar-refractivity contribution in [1.29, 1.82) is 0 Å². The first-order valence-corrected chi connectivity index (χ1v) is 7.45. The Morgan fingerprint density at radius 2 is 1.74 bits per heavy atom. The van der Waals surface area contributed by atoms with Crippen molar-refractivity contribution in [3.05, 3.63) is 68.1 Å². The van der Waals surface area contributed by atoms with Crippen molar-refractivity contribution in [2.75, 3.05) is 6.61 Å². The summed E-state index contributed by atoms with van der Waals surface area (Å²) in [5.74, 6) is -0.0223. The Bertz CT molecular complexity index is 555. The van der Waals surface area contributed by atoms with Gasteiger partial charge in [0.05, 0.1) is 6.61 Å². The number of aliphatic hydroxyl groups is 1. The molecule has 0 fully saturated rings. The van der Waals surface area contributed by atoms with E-state index in [1.54, 1.807) is 12.1 Å². The van der Waals surface area contributed by atoms with Gasteiger partial charge in [-0.3, -0.25) is 0 Å². The summed E-state index contributed by atoms with van der Waals surface area (Å²) in [5, 5.41) is 10.8. The van der Waals surface area contributed by atoms with Crippen LogP contribution in [-0.4, -0.2) is 11.7 Å². The standard InChI is InChI=1S/C15H13BrCl2O/c16-12-3-1-10(2-4-12)7-11(9-19)14-6-5-13(17)8-15(14)18/h1-6,8,11,19H,7,9H2. The van der Waals surface area contributed by atoms with E-state index in [0.29, 0.717) is 10.0 Å². The minimum Gasteiger partial charge on any atom is -0.396 e. The van der Waals surface area contributed by atoms with Crippen molar-refractivity contribution in [1.82, 2.24) is 0 Å². The summed E-state index contributed by atoms with van der Waals surface area (Å²) < 4.78 is 1.04. The number of aliphatic hydroxyl groups excluding tert-OH is 1. The Labute approximate surface area is 131 Å². The molecule has 0 spiro atoms. The zero-order valence-corrected chi connectivity index (χ0v) is 13.2. The summed E-state index contributed by atoms with van der Waals surface area (Å²) in [7, 11) is 0. The smallest absolute Gasteiger partial charge is 0.0503 e. The average molecular weight is 360 g/mol. The highest BCUT2D eigenvalue weighted by atomic mass is 79.9. The largest absolute Gasteiger partial charge is 0.396 e. The van der Waals surface area contributed by atoms with Crippen LogP contribution in [0.2, 0.25) is 10.0 Å². The molecule has 0 aliphatic carbocycles. The fourth-order valence-electron chi connectivity index (χ4n) is 2.01. The van der Waals surface area contributed by atoms with Crippen molar-refractivity contribution in [2.24, 2.45) is 0 Å². The van der Waals surface area contributed by atoms with E-state index in [9.17, 15) is 5.11 Å². The molecule has 1 unspecified atom stereocenters. The zero-order valence-electron chi connectivity index (χ0n) is 10.1. The van der Waals surface area contributed by atoms with Crippen LogP contribution in [0.4, 0.5) is 0 Å². The fourth-order valence-corrected chi connectivity index (χ4v) is 2.84. The van der Waals surface area contributed by atoms with Crippen molar-refractivity contribution >= 4 is 39.1 Å². The third kappa shape index (κ3) is 3.96. The summed E-state index contributed by atoms with van der Waals surface area (Å²) in [4.78, 5) is 0. The van der Waals surface area contributed by atoms with Crippen molar-refractivity contribution in [3.8, 4) is 0 Å². The summed E-state index contributed by atoms with van der Waals surface area (Å²) in [6, 6.07) is 13.5. The normalized spacial score (nSPS) is 12.4. The van der Waals surface area contributed by atoms with Crippen LogP contribution < -0.4 is 0 Å². The van der Waals surface area contributed by atoms with Crippen molar-refractivity contribution in [3.63, 3.8) is 0 Å². The maximum absolute atomic E-state index is 9.59. The minimum atomic E-state index is -0.0223. The van der Waals surface area contributed by atoms with Gasteiger partial charge >= 0.3 is 0 Å². The van der Waals surface area contributed by atoms with Crippen LogP contribution in [0.1, 0.15) is 17.0 Å². The molecule has 2 aromatic rings. The molecular weight excluding hydrogens is 347 g/mol. The van der Waals surface area contributed by atoms with E-state index in [1.165, 1.54) is 0 Å². The van der Waals surface area contributed by atoms with E-state index in [2.05, 4.69) is 15.9 Å². The summed E-state index contributed by atoms with van der Waals surface area (Å²) >= 11 is 15.5. The van der Waals surface area contributed by atoms with Crippen LogP contribution in [0.25, 0.3) is 0 Å². The summed E-state index contributed by atoms with van der Waals surface area (Å²) in [5.41, 5.74) is 2.09. The topological polar surface area (TPSA) is 20.2 Å². The maximum atomic E-state index is 9.59. The molecule has 100 valence electrons. The molecule has 0 saturated carbocycles. The second-order valence-corrected chi connectivity index (χ2v) is 6.14. The van der Waals surface area contributed by atoms with Crippen LogP contribution in [0.5, 0.6) is 0 Å². The third-order valence-electron chi connectivity index (χ3n) is 3.02. The molecular formula is C15H13BrCl2O. The molecule has 0 aliphatic heterocycles. The highest BCUT2D eigenvalue weighted by Gasteiger charge is 2.15. The Kier molecular flexibility index (Phi) is 5.28. The molecule has 0 bridgehead atoms. The van der Waals surface area contributed by atoms with E-state index in [4.69, 9.17) is 23.2 Å². The van der Waals surface area contributed by atoms with E-state index in [0.717, 1.165) is 22.0 Å². The maximum Gasteiger partial charge on any atom is 0.0503 e. The van der Waals surface area contributed by atoms with Gasteiger partial charge in [0.25, 0.3) is 0 Å². The molecule has 1 N–H and O–H groups in total. The predicted molar refractivity (Wildman–Crippen MR) is 84.1 cm³/mol. The molecule has 2 aromatic carbocycles. The van der Waals surface area contributed by atoms with E-state index >= 15 is 0 Å². The number of hydrogen-bond donors (Lipinski definition) is 1. The number of rotatable bonds is 4. The predicted octanol–water partition coefficient (Wildman–Crippen LogP) is 5.07. The van der Waals surface area contributed by atoms with Crippen LogP contribution in [0.3, 0.4) is 0 Å². The number of halogens is 3. The SMILES string of the molecule is OCC(Cc1ccc(Br)cc1)c1ccc(Cl)cc1Cl. The molecule has 0 aromatic heterocycles. The van der Waals surface area contributed by atoms with Gasteiger partial charge in [0.2, 0.25) is 0 Å². The first-order valence-electron chi connectivity index (χ1n) is 5.90. The number of hydrogen-bond acceptors (Lipinski definition) is 1. The highest BCUT2D eigenvalue weighted by Crippen LogP contribution is 2.30. The fraction of sp³-hybridized carbons (Fsp3) is 0.200. The summed E-state index contributed by atoms with van der Waals surface area (Å²) in [6.45, 7) is 0.0530. The molecule has 2 rings (SSSR count). The van der Waals surface area contributed by atoms with Gasteiger partial charge in [-0.15, -0.1) is 0 Å². The Hall–Kier alpha value is -0.540. The lowest BCUT2D eigenvalue weighted by Gasteiger charge is -2.16. The van der Waals surface area contributed by atoms with Gasteiger partial charge in [-0.25, -0.2) is 0 Å². The second kappa shape index (κ2) is 6.76. The lowest BCUT2D eigenvalue weighted by atomic mass is 9.93. The Morgan fingerprint density at radius 3 is 2.32 bits per heavy atom. The Balaban J connectivity index is 2.22. The molecule has 4 heteroatoms. The lowest BCUT2D eigenvalue weighted by Crippen LogP contribution is -2.08. The van der Waals surface area contributed by atoms with Crippen LogP contribution in [-0.2, 0) is 6.42 Å². The first kappa shape index (κ1) is 14.9. The molecule has 0 amide bonds. The van der Waals surface area contributed by atoms with Crippen LogP contribution >= 0.6 is 39.1 Å². The third-order valence-corrected chi connectivity index (χ3v) is 4.11. The first-order chi connectivity index (χ1) is 9.10. The summed E-state index contributed by atoms with van der Waals surface area (Å²) in [6.07, 6.45) is 0.741. The quantitative estimate of drug-likeness (QED) is 0.807. The van der Waals surface area contributed by atoms with E-state index < -0.39 is 0 Å². The molecule has 1 nitrogen and oxygen atoms in total. The van der Waals surface area contributed by atoms with Crippen molar-refractivity contribution in [2.45, 2.75) is 12.3 Å². The minimum absolute atomic E-state index is 0.0223.